The zero-order valence-corrected chi connectivity index (χ0v) is 11.9. The van der Waals surface area contributed by atoms with Gasteiger partial charge in [-0.15, -0.1) is 0 Å². The molecule has 1 amide bonds. The predicted octanol–water partition coefficient (Wildman–Crippen LogP) is 0.0719. The van der Waals surface area contributed by atoms with E-state index in [1.54, 1.807) is 13.1 Å². The van der Waals surface area contributed by atoms with E-state index in [0.717, 1.165) is 31.7 Å². The SMILES string of the molecule is CNC(=O)CN1CCC(NCc2ccc(CO)o2)CC1. The van der Waals surface area contributed by atoms with Crippen LogP contribution in [0.5, 0.6) is 0 Å². The fraction of sp³-hybridized carbons (Fsp3) is 0.643. The highest BCUT2D eigenvalue weighted by Crippen LogP contribution is 2.12. The Hall–Kier alpha value is -1.37. The molecular weight excluding hydrogens is 258 g/mol. The molecule has 6 heteroatoms. The molecule has 2 rings (SSSR count). The van der Waals surface area contributed by atoms with Crippen LogP contribution in [-0.4, -0.2) is 48.6 Å². The van der Waals surface area contributed by atoms with Crippen molar-refractivity contribution in [3.63, 3.8) is 0 Å². The number of rotatable bonds is 6. The van der Waals surface area contributed by atoms with Gasteiger partial charge >= 0.3 is 0 Å². The third-order valence-electron chi connectivity index (χ3n) is 3.67. The summed E-state index contributed by atoms with van der Waals surface area (Å²) >= 11 is 0. The van der Waals surface area contributed by atoms with Crippen molar-refractivity contribution in [2.75, 3.05) is 26.7 Å². The number of carbonyl (C=O) groups is 1. The van der Waals surface area contributed by atoms with Crippen LogP contribution in [0.25, 0.3) is 0 Å². The van der Waals surface area contributed by atoms with E-state index < -0.39 is 0 Å². The van der Waals surface area contributed by atoms with Gasteiger partial charge in [0.1, 0.15) is 18.1 Å². The van der Waals surface area contributed by atoms with Gasteiger partial charge in [0, 0.05) is 26.2 Å². The van der Waals surface area contributed by atoms with Crippen LogP contribution >= 0.6 is 0 Å². The number of nitrogens with one attached hydrogen (secondary N) is 2. The number of amides is 1. The number of aliphatic hydroxyl groups excluding tert-OH is 1. The lowest BCUT2D eigenvalue weighted by atomic mass is 10.1. The Bertz CT molecular complexity index is 425. The van der Waals surface area contributed by atoms with Gasteiger partial charge in [-0.3, -0.25) is 9.69 Å². The summed E-state index contributed by atoms with van der Waals surface area (Å²) in [6.45, 7) is 2.98. The third kappa shape index (κ3) is 4.33. The van der Waals surface area contributed by atoms with Gasteiger partial charge in [-0.25, -0.2) is 0 Å². The van der Waals surface area contributed by atoms with Crippen molar-refractivity contribution in [1.82, 2.24) is 15.5 Å². The van der Waals surface area contributed by atoms with Crippen LogP contribution in [0.4, 0.5) is 0 Å². The van der Waals surface area contributed by atoms with E-state index in [1.807, 2.05) is 6.07 Å². The summed E-state index contributed by atoms with van der Waals surface area (Å²) in [4.78, 5) is 13.5. The molecule has 0 aliphatic carbocycles. The van der Waals surface area contributed by atoms with Gasteiger partial charge in [0.25, 0.3) is 0 Å². The molecule has 20 heavy (non-hydrogen) atoms. The molecule has 1 saturated heterocycles. The number of piperidine rings is 1. The van der Waals surface area contributed by atoms with Crippen molar-refractivity contribution >= 4 is 5.91 Å². The number of carbonyl (C=O) groups excluding carboxylic acids is 1. The molecule has 0 unspecified atom stereocenters. The van der Waals surface area contributed by atoms with E-state index in [2.05, 4.69) is 15.5 Å². The highest BCUT2D eigenvalue weighted by Gasteiger charge is 2.20. The minimum Gasteiger partial charge on any atom is -0.462 e. The van der Waals surface area contributed by atoms with Gasteiger partial charge in [-0.1, -0.05) is 0 Å². The van der Waals surface area contributed by atoms with Gasteiger partial charge < -0.3 is 20.2 Å². The monoisotopic (exact) mass is 281 g/mol. The smallest absolute Gasteiger partial charge is 0.233 e. The second-order valence-electron chi connectivity index (χ2n) is 5.13. The van der Waals surface area contributed by atoms with Crippen LogP contribution in [0, 0.1) is 0 Å². The summed E-state index contributed by atoms with van der Waals surface area (Å²) in [6.07, 6.45) is 2.06. The van der Waals surface area contributed by atoms with Gasteiger partial charge in [0.2, 0.25) is 5.91 Å². The lowest BCUT2D eigenvalue weighted by Gasteiger charge is -2.31. The average molecular weight is 281 g/mol. The summed E-state index contributed by atoms with van der Waals surface area (Å²) < 4.78 is 5.44. The molecule has 3 N–H and O–H groups in total. The molecule has 0 bridgehead atoms. The fourth-order valence-electron chi connectivity index (χ4n) is 2.42. The van der Waals surface area contributed by atoms with Gasteiger partial charge in [-0.05, 0) is 25.0 Å². The van der Waals surface area contributed by atoms with Crippen LogP contribution in [0.15, 0.2) is 16.5 Å². The van der Waals surface area contributed by atoms with Crippen molar-refractivity contribution in [3.05, 3.63) is 23.7 Å². The topological polar surface area (TPSA) is 77.7 Å². The Morgan fingerprint density at radius 2 is 2.10 bits per heavy atom. The fourth-order valence-corrected chi connectivity index (χ4v) is 2.42. The Balaban J connectivity index is 1.68. The molecular formula is C14H23N3O3. The molecule has 1 fully saturated rings. The van der Waals surface area contributed by atoms with Gasteiger partial charge in [0.05, 0.1) is 13.1 Å². The van der Waals surface area contributed by atoms with Crippen molar-refractivity contribution in [3.8, 4) is 0 Å². The second-order valence-corrected chi connectivity index (χ2v) is 5.13. The second kappa shape index (κ2) is 7.42. The summed E-state index contributed by atoms with van der Waals surface area (Å²) in [5, 5.41) is 15.0. The predicted molar refractivity (Wildman–Crippen MR) is 75.0 cm³/mol. The summed E-state index contributed by atoms with van der Waals surface area (Å²) in [5.41, 5.74) is 0. The van der Waals surface area contributed by atoms with Crippen molar-refractivity contribution in [1.29, 1.82) is 0 Å². The Kier molecular flexibility index (Phi) is 5.58. The van der Waals surface area contributed by atoms with Crippen LogP contribution < -0.4 is 10.6 Å². The minimum atomic E-state index is -0.0577. The van der Waals surface area contributed by atoms with E-state index in [9.17, 15) is 4.79 Å². The zero-order valence-electron chi connectivity index (χ0n) is 11.9. The largest absolute Gasteiger partial charge is 0.462 e. The van der Waals surface area contributed by atoms with Crippen LogP contribution in [0.1, 0.15) is 24.4 Å². The van der Waals surface area contributed by atoms with Crippen LogP contribution in [0.3, 0.4) is 0 Å². The maximum atomic E-state index is 11.3. The molecule has 1 aliphatic heterocycles. The van der Waals surface area contributed by atoms with Crippen molar-refractivity contribution in [2.45, 2.75) is 32.0 Å². The Morgan fingerprint density at radius 3 is 2.70 bits per heavy atom. The van der Waals surface area contributed by atoms with Crippen LogP contribution in [0.2, 0.25) is 0 Å². The first kappa shape index (κ1) is 15.0. The van der Waals surface area contributed by atoms with Gasteiger partial charge in [0.15, 0.2) is 0 Å². The quantitative estimate of drug-likeness (QED) is 0.688. The van der Waals surface area contributed by atoms with E-state index in [4.69, 9.17) is 9.52 Å². The number of nitrogens with zero attached hydrogens (tertiary/aromatic N) is 1. The Morgan fingerprint density at radius 1 is 1.40 bits per heavy atom. The number of likely N-dealkylation sites (N-methyl/N-ethyl adjacent to an activating group) is 1. The molecule has 0 saturated carbocycles. The molecule has 0 radical (unpaired) electrons. The van der Waals surface area contributed by atoms with Crippen molar-refractivity contribution < 1.29 is 14.3 Å². The first-order chi connectivity index (χ1) is 9.71. The third-order valence-corrected chi connectivity index (χ3v) is 3.67. The maximum absolute atomic E-state index is 11.3. The van der Waals surface area contributed by atoms with E-state index in [-0.39, 0.29) is 12.5 Å². The number of likely N-dealkylation sites (tertiary alicyclic amines) is 1. The number of aliphatic hydroxyl groups is 1. The summed E-state index contributed by atoms with van der Waals surface area (Å²) in [7, 11) is 1.67. The zero-order chi connectivity index (χ0) is 14.4. The molecule has 6 nitrogen and oxygen atoms in total. The standard InChI is InChI=1S/C14H23N3O3/c1-15-14(19)9-17-6-4-11(5-7-17)16-8-12-2-3-13(10-18)20-12/h2-3,11,16,18H,4-10H2,1H3,(H,15,19). The highest BCUT2D eigenvalue weighted by atomic mass is 16.4. The van der Waals surface area contributed by atoms with E-state index >= 15 is 0 Å². The van der Waals surface area contributed by atoms with Gasteiger partial charge in [-0.2, -0.15) is 0 Å². The molecule has 1 aromatic rings. The molecule has 0 aromatic carbocycles. The molecule has 0 atom stereocenters. The normalized spacial score (nSPS) is 17.3. The average Bonchev–Trinajstić information content (AvgIpc) is 2.94. The molecule has 112 valence electrons. The summed E-state index contributed by atoms with van der Waals surface area (Å²) in [6, 6.07) is 4.14. The number of hydrogen-bond acceptors (Lipinski definition) is 5. The number of hydrogen-bond donors (Lipinski definition) is 3. The van der Waals surface area contributed by atoms with E-state index in [0.29, 0.717) is 24.9 Å². The molecule has 0 spiro atoms. The first-order valence-electron chi connectivity index (χ1n) is 7.06. The van der Waals surface area contributed by atoms with E-state index in [1.165, 1.54) is 0 Å². The first-order valence-corrected chi connectivity index (χ1v) is 7.06. The summed E-state index contributed by atoms with van der Waals surface area (Å²) in [5.74, 6) is 1.52. The molecule has 2 heterocycles. The lowest BCUT2D eigenvalue weighted by molar-refractivity contribution is -0.122. The Labute approximate surface area is 119 Å². The molecule has 1 aromatic heterocycles. The number of furan rings is 1. The highest BCUT2D eigenvalue weighted by molar-refractivity contribution is 5.77. The maximum Gasteiger partial charge on any atom is 0.233 e. The lowest BCUT2D eigenvalue weighted by Crippen LogP contribution is -2.45. The van der Waals surface area contributed by atoms with Crippen molar-refractivity contribution in [2.24, 2.45) is 0 Å². The molecule has 1 aliphatic rings. The minimum absolute atomic E-state index is 0.0577. The van der Waals surface area contributed by atoms with Crippen LogP contribution in [-0.2, 0) is 17.9 Å².